The van der Waals surface area contributed by atoms with Crippen molar-refractivity contribution in [3.05, 3.63) is 70.2 Å². The third-order valence-electron chi connectivity index (χ3n) is 3.89. The van der Waals surface area contributed by atoms with Crippen LogP contribution < -0.4 is 0 Å². The van der Waals surface area contributed by atoms with Gasteiger partial charge in [-0.15, -0.1) is 0 Å². The third-order valence-corrected chi connectivity index (χ3v) is 4.14. The normalized spacial score (nSPS) is 12.3. The van der Waals surface area contributed by atoms with Crippen LogP contribution >= 0.6 is 11.6 Å². The Balaban J connectivity index is 1.73. The van der Waals surface area contributed by atoms with Gasteiger partial charge in [0.2, 0.25) is 0 Å². The van der Waals surface area contributed by atoms with Gasteiger partial charge in [-0.25, -0.2) is 0 Å². The molecule has 0 amide bonds. The van der Waals surface area contributed by atoms with Crippen molar-refractivity contribution < 1.29 is 0 Å². The first-order chi connectivity index (χ1) is 9.63. The Morgan fingerprint density at radius 3 is 1.75 bits per heavy atom. The number of halogens is 1. The van der Waals surface area contributed by atoms with E-state index in [0.717, 1.165) is 17.4 Å². The van der Waals surface area contributed by atoms with E-state index in [1.54, 1.807) is 0 Å². The van der Waals surface area contributed by atoms with Crippen molar-refractivity contribution in [2.45, 2.75) is 39.5 Å². The zero-order valence-electron chi connectivity index (χ0n) is 12.4. The fraction of sp³-hybridized carbons (Fsp3) is 0.368. The predicted molar refractivity (Wildman–Crippen MR) is 88.4 cm³/mol. The average Bonchev–Trinajstić information content (AvgIpc) is 2.46. The van der Waals surface area contributed by atoms with Gasteiger partial charge in [-0.2, -0.15) is 0 Å². The number of rotatable bonds is 6. The average molecular weight is 287 g/mol. The topological polar surface area (TPSA) is 0 Å². The van der Waals surface area contributed by atoms with Crippen LogP contribution in [-0.2, 0) is 12.8 Å². The monoisotopic (exact) mass is 286 g/mol. The minimum atomic E-state index is 0.756. The quantitative estimate of drug-likeness (QED) is 0.625. The highest BCUT2D eigenvalue weighted by molar-refractivity contribution is 6.30. The molecule has 0 heterocycles. The van der Waals surface area contributed by atoms with Crippen LogP contribution in [0.15, 0.2) is 48.5 Å². The molecule has 20 heavy (non-hydrogen) atoms. The second kappa shape index (κ2) is 7.50. The maximum Gasteiger partial charge on any atom is 0.0406 e. The molecule has 0 bridgehead atoms. The zero-order chi connectivity index (χ0) is 14.4. The SMILES string of the molecule is Cc1ccc(CC[C@H](C)CCc2ccc(Cl)cc2)cc1. The molecule has 0 saturated heterocycles. The van der Waals surface area contributed by atoms with Gasteiger partial charge in [0, 0.05) is 5.02 Å². The molecule has 2 rings (SSSR count). The highest BCUT2D eigenvalue weighted by Gasteiger charge is 2.04. The van der Waals surface area contributed by atoms with Gasteiger partial charge in [0.15, 0.2) is 0 Å². The van der Waals surface area contributed by atoms with Crippen LogP contribution in [0.4, 0.5) is 0 Å². The molecule has 0 aliphatic carbocycles. The summed E-state index contributed by atoms with van der Waals surface area (Å²) in [5.74, 6) is 0.756. The maximum absolute atomic E-state index is 5.90. The number of hydrogen-bond acceptors (Lipinski definition) is 0. The van der Waals surface area contributed by atoms with Crippen molar-refractivity contribution in [1.82, 2.24) is 0 Å². The van der Waals surface area contributed by atoms with Gasteiger partial charge in [-0.05, 0) is 61.8 Å². The van der Waals surface area contributed by atoms with Crippen molar-refractivity contribution in [2.75, 3.05) is 0 Å². The van der Waals surface area contributed by atoms with E-state index in [-0.39, 0.29) is 0 Å². The van der Waals surface area contributed by atoms with Crippen LogP contribution in [0.3, 0.4) is 0 Å². The molecule has 1 heteroatoms. The fourth-order valence-corrected chi connectivity index (χ4v) is 2.50. The molecule has 0 nitrogen and oxygen atoms in total. The highest BCUT2D eigenvalue weighted by Crippen LogP contribution is 2.17. The summed E-state index contributed by atoms with van der Waals surface area (Å²) in [7, 11) is 0. The van der Waals surface area contributed by atoms with E-state index in [4.69, 9.17) is 11.6 Å². The molecule has 0 saturated carbocycles. The third kappa shape index (κ3) is 5.02. The number of hydrogen-bond donors (Lipinski definition) is 0. The predicted octanol–water partition coefficient (Wildman–Crippen LogP) is 5.85. The smallest absolute Gasteiger partial charge is 0.0406 e. The Labute approximate surface area is 127 Å². The van der Waals surface area contributed by atoms with Gasteiger partial charge in [0.25, 0.3) is 0 Å². The molecule has 1 atom stereocenters. The summed E-state index contributed by atoms with van der Waals surface area (Å²) in [5, 5.41) is 0.821. The lowest BCUT2D eigenvalue weighted by atomic mass is 9.94. The number of aryl methyl sites for hydroxylation is 3. The fourth-order valence-electron chi connectivity index (χ4n) is 2.38. The summed E-state index contributed by atoms with van der Waals surface area (Å²) >= 11 is 5.90. The lowest BCUT2D eigenvalue weighted by Crippen LogP contribution is -2.00. The van der Waals surface area contributed by atoms with E-state index in [1.165, 1.54) is 36.0 Å². The van der Waals surface area contributed by atoms with Crippen LogP contribution in [0, 0.1) is 12.8 Å². The first-order valence-corrected chi connectivity index (χ1v) is 7.81. The summed E-state index contributed by atoms with van der Waals surface area (Å²) in [5.41, 5.74) is 4.18. The molecular weight excluding hydrogens is 264 g/mol. The molecule has 0 unspecified atom stereocenters. The van der Waals surface area contributed by atoms with Gasteiger partial charge in [0.05, 0.1) is 0 Å². The Morgan fingerprint density at radius 2 is 1.25 bits per heavy atom. The van der Waals surface area contributed by atoms with E-state index in [9.17, 15) is 0 Å². The zero-order valence-corrected chi connectivity index (χ0v) is 13.2. The maximum atomic E-state index is 5.90. The van der Waals surface area contributed by atoms with Crippen molar-refractivity contribution >= 4 is 11.6 Å². The molecule has 0 aliphatic rings. The largest absolute Gasteiger partial charge is 0.0843 e. The molecule has 106 valence electrons. The Kier molecular flexibility index (Phi) is 5.67. The van der Waals surface area contributed by atoms with Gasteiger partial charge >= 0.3 is 0 Å². The summed E-state index contributed by atoms with van der Waals surface area (Å²) < 4.78 is 0. The van der Waals surface area contributed by atoms with E-state index >= 15 is 0 Å². The van der Waals surface area contributed by atoms with Crippen molar-refractivity contribution in [3.8, 4) is 0 Å². The van der Waals surface area contributed by atoms with E-state index in [2.05, 4.69) is 50.2 Å². The van der Waals surface area contributed by atoms with Crippen LogP contribution in [0.1, 0.15) is 36.5 Å². The van der Waals surface area contributed by atoms with Crippen molar-refractivity contribution in [1.29, 1.82) is 0 Å². The minimum absolute atomic E-state index is 0.756. The van der Waals surface area contributed by atoms with Gasteiger partial charge < -0.3 is 0 Å². The van der Waals surface area contributed by atoms with Gasteiger partial charge in [-0.3, -0.25) is 0 Å². The molecule has 0 aromatic heterocycles. The first-order valence-electron chi connectivity index (χ1n) is 7.43. The molecule has 0 N–H and O–H groups in total. The molecule has 2 aromatic carbocycles. The summed E-state index contributed by atoms with van der Waals surface area (Å²) in [4.78, 5) is 0. The lowest BCUT2D eigenvalue weighted by Gasteiger charge is -2.11. The van der Waals surface area contributed by atoms with E-state index in [0.29, 0.717) is 0 Å². The Bertz CT molecular complexity index is 461. The molecule has 0 fully saturated rings. The van der Waals surface area contributed by atoms with E-state index < -0.39 is 0 Å². The van der Waals surface area contributed by atoms with Gasteiger partial charge in [-0.1, -0.05) is 60.5 Å². The summed E-state index contributed by atoms with van der Waals surface area (Å²) in [6.07, 6.45) is 4.83. The second-order valence-electron chi connectivity index (χ2n) is 5.79. The van der Waals surface area contributed by atoms with Crippen LogP contribution in [-0.4, -0.2) is 0 Å². The highest BCUT2D eigenvalue weighted by atomic mass is 35.5. The van der Waals surface area contributed by atoms with Crippen molar-refractivity contribution in [2.24, 2.45) is 5.92 Å². The Hall–Kier alpha value is -1.27. The Morgan fingerprint density at radius 1 is 0.800 bits per heavy atom. The van der Waals surface area contributed by atoms with E-state index in [1.807, 2.05) is 12.1 Å². The summed E-state index contributed by atoms with van der Waals surface area (Å²) in [6, 6.07) is 17.1. The van der Waals surface area contributed by atoms with Crippen LogP contribution in [0.5, 0.6) is 0 Å². The molecule has 0 spiro atoms. The molecular formula is C19H23Cl. The standard InChI is InChI=1S/C19H23Cl/c1-15-3-7-17(8-4-15)9-5-16(2)6-10-18-11-13-19(20)14-12-18/h3-4,7-8,11-14,16H,5-6,9-10H2,1-2H3/t16-/m0/s1. The molecule has 2 aromatic rings. The summed E-state index contributed by atoms with van der Waals surface area (Å²) in [6.45, 7) is 4.49. The van der Waals surface area contributed by atoms with Gasteiger partial charge in [0.1, 0.15) is 0 Å². The van der Waals surface area contributed by atoms with Crippen LogP contribution in [0.25, 0.3) is 0 Å². The lowest BCUT2D eigenvalue weighted by molar-refractivity contribution is 0.493. The molecule has 0 aliphatic heterocycles. The minimum Gasteiger partial charge on any atom is -0.0843 e. The van der Waals surface area contributed by atoms with Crippen molar-refractivity contribution in [3.63, 3.8) is 0 Å². The number of benzene rings is 2. The van der Waals surface area contributed by atoms with Crippen LogP contribution in [0.2, 0.25) is 5.02 Å². The molecule has 0 radical (unpaired) electrons. The second-order valence-corrected chi connectivity index (χ2v) is 6.23. The first kappa shape index (κ1) is 15.1.